The summed E-state index contributed by atoms with van der Waals surface area (Å²) in [5.74, 6) is 3.27. The monoisotopic (exact) mass is 454 g/mol. The Balaban J connectivity index is 0.00000160. The van der Waals surface area contributed by atoms with Gasteiger partial charge >= 0.3 is 0 Å². The average Bonchev–Trinajstić information content (AvgIpc) is 2.77. The molecule has 1 unspecified atom stereocenters. The predicted octanol–water partition coefficient (Wildman–Crippen LogP) is 4.63. The SMILES string of the molecule is COc1ccc(N2CCN(CCC3CCOc4ccccc43)CC2)cc1OC.Cl.Cl. The second-order valence-electron chi connectivity index (χ2n) is 7.53. The quantitative estimate of drug-likeness (QED) is 0.635. The van der Waals surface area contributed by atoms with Gasteiger partial charge in [-0.15, -0.1) is 24.8 Å². The zero-order valence-electron chi connectivity index (χ0n) is 17.7. The van der Waals surface area contributed by atoms with E-state index in [1.807, 2.05) is 6.07 Å². The van der Waals surface area contributed by atoms with Crippen LogP contribution in [0.4, 0.5) is 5.69 Å². The molecule has 0 bridgehead atoms. The van der Waals surface area contributed by atoms with Crippen LogP contribution in [-0.2, 0) is 0 Å². The van der Waals surface area contributed by atoms with Gasteiger partial charge in [-0.05, 0) is 49.1 Å². The lowest BCUT2D eigenvalue weighted by Gasteiger charge is -2.37. The molecule has 1 atom stereocenters. The van der Waals surface area contributed by atoms with Crippen LogP contribution in [0.1, 0.15) is 24.3 Å². The highest BCUT2D eigenvalue weighted by Gasteiger charge is 2.23. The number of fused-ring (bicyclic) bond motifs is 1. The van der Waals surface area contributed by atoms with Gasteiger partial charge in [-0.2, -0.15) is 0 Å². The van der Waals surface area contributed by atoms with Crippen LogP contribution < -0.4 is 19.1 Å². The summed E-state index contributed by atoms with van der Waals surface area (Å²) in [7, 11) is 3.36. The van der Waals surface area contributed by atoms with Crippen molar-refractivity contribution in [2.75, 3.05) is 58.5 Å². The first-order chi connectivity index (χ1) is 13.8. The normalized spacial score (nSPS) is 18.3. The van der Waals surface area contributed by atoms with Gasteiger partial charge in [-0.3, -0.25) is 4.90 Å². The highest BCUT2D eigenvalue weighted by Crippen LogP contribution is 2.36. The summed E-state index contributed by atoms with van der Waals surface area (Å²) in [6.45, 7) is 6.27. The summed E-state index contributed by atoms with van der Waals surface area (Å²) < 4.78 is 16.6. The third-order valence-electron chi connectivity index (χ3n) is 5.98. The Morgan fingerprint density at radius 1 is 0.933 bits per heavy atom. The predicted molar refractivity (Wildman–Crippen MR) is 127 cm³/mol. The van der Waals surface area contributed by atoms with Crippen molar-refractivity contribution in [3.63, 3.8) is 0 Å². The fourth-order valence-corrected chi connectivity index (χ4v) is 4.31. The maximum Gasteiger partial charge on any atom is 0.162 e. The van der Waals surface area contributed by atoms with Crippen LogP contribution in [0.3, 0.4) is 0 Å². The van der Waals surface area contributed by atoms with Gasteiger partial charge in [0.1, 0.15) is 5.75 Å². The average molecular weight is 455 g/mol. The first kappa shape index (κ1) is 24.4. The van der Waals surface area contributed by atoms with E-state index in [0.717, 1.165) is 63.0 Å². The van der Waals surface area contributed by atoms with Crippen molar-refractivity contribution < 1.29 is 14.2 Å². The van der Waals surface area contributed by atoms with Gasteiger partial charge in [0.25, 0.3) is 0 Å². The lowest BCUT2D eigenvalue weighted by Crippen LogP contribution is -2.46. The third-order valence-corrected chi connectivity index (χ3v) is 5.98. The molecule has 30 heavy (non-hydrogen) atoms. The standard InChI is InChI=1S/C23H30N2O3.2ClH/c1-26-22-8-7-19(17-23(22)27-2)25-14-12-24(13-15-25)11-9-18-10-16-28-21-6-4-3-5-20(18)21;;/h3-8,17-18H,9-16H2,1-2H3;2*1H. The maximum atomic E-state index is 5.80. The zero-order chi connectivity index (χ0) is 19.3. The number of methoxy groups -OCH3 is 2. The van der Waals surface area contributed by atoms with Crippen molar-refractivity contribution in [3.05, 3.63) is 48.0 Å². The summed E-state index contributed by atoms with van der Waals surface area (Å²) in [6, 6.07) is 14.7. The molecule has 0 N–H and O–H groups in total. The molecule has 1 fully saturated rings. The van der Waals surface area contributed by atoms with Gasteiger partial charge in [-0.1, -0.05) is 18.2 Å². The molecule has 2 aliphatic rings. The fourth-order valence-electron chi connectivity index (χ4n) is 4.31. The van der Waals surface area contributed by atoms with E-state index in [1.165, 1.54) is 17.7 Å². The van der Waals surface area contributed by atoms with Gasteiger partial charge in [-0.25, -0.2) is 0 Å². The molecule has 0 saturated carbocycles. The largest absolute Gasteiger partial charge is 0.493 e. The minimum Gasteiger partial charge on any atom is -0.493 e. The van der Waals surface area contributed by atoms with Crippen molar-refractivity contribution in [1.29, 1.82) is 0 Å². The summed E-state index contributed by atoms with van der Waals surface area (Å²) in [4.78, 5) is 5.03. The number of rotatable bonds is 6. The first-order valence-electron chi connectivity index (χ1n) is 10.2. The molecule has 4 rings (SSSR count). The van der Waals surface area contributed by atoms with Gasteiger partial charge in [0.05, 0.1) is 20.8 Å². The number of piperazine rings is 1. The van der Waals surface area contributed by atoms with E-state index in [0.29, 0.717) is 5.92 Å². The highest BCUT2D eigenvalue weighted by atomic mass is 35.5. The summed E-state index contributed by atoms with van der Waals surface area (Å²) in [5, 5.41) is 0. The molecule has 166 valence electrons. The number of ether oxygens (including phenoxy) is 3. The second kappa shape index (κ2) is 11.5. The number of hydrogen-bond acceptors (Lipinski definition) is 5. The Labute approximate surface area is 192 Å². The van der Waals surface area contributed by atoms with Gasteiger partial charge in [0.15, 0.2) is 11.5 Å². The van der Waals surface area contributed by atoms with Crippen LogP contribution in [0.25, 0.3) is 0 Å². The molecule has 2 aliphatic heterocycles. The molecule has 2 heterocycles. The van der Waals surface area contributed by atoms with Crippen molar-refractivity contribution in [2.24, 2.45) is 0 Å². The minimum absolute atomic E-state index is 0. The van der Waals surface area contributed by atoms with E-state index in [2.05, 4.69) is 46.2 Å². The molecule has 2 aromatic rings. The Morgan fingerprint density at radius 2 is 1.67 bits per heavy atom. The maximum absolute atomic E-state index is 5.80. The molecular weight excluding hydrogens is 423 g/mol. The van der Waals surface area contributed by atoms with E-state index in [4.69, 9.17) is 14.2 Å². The molecule has 0 aliphatic carbocycles. The van der Waals surface area contributed by atoms with E-state index >= 15 is 0 Å². The lowest BCUT2D eigenvalue weighted by molar-refractivity contribution is 0.223. The van der Waals surface area contributed by atoms with Crippen LogP contribution in [0, 0.1) is 0 Å². The van der Waals surface area contributed by atoms with Gasteiger partial charge in [0.2, 0.25) is 0 Å². The van der Waals surface area contributed by atoms with Crippen molar-refractivity contribution >= 4 is 30.5 Å². The molecule has 1 saturated heterocycles. The number of hydrogen-bond donors (Lipinski definition) is 0. The number of anilines is 1. The number of nitrogens with zero attached hydrogens (tertiary/aromatic N) is 2. The third kappa shape index (κ3) is 5.45. The Morgan fingerprint density at radius 3 is 2.40 bits per heavy atom. The highest BCUT2D eigenvalue weighted by molar-refractivity contribution is 5.85. The molecule has 0 spiro atoms. The molecule has 0 radical (unpaired) electrons. The van der Waals surface area contributed by atoms with Crippen LogP contribution in [0.15, 0.2) is 42.5 Å². The number of halogens is 2. The van der Waals surface area contributed by atoms with Crippen LogP contribution in [0.5, 0.6) is 17.2 Å². The zero-order valence-corrected chi connectivity index (χ0v) is 19.3. The molecule has 0 aromatic heterocycles. The van der Waals surface area contributed by atoms with Crippen LogP contribution in [-0.4, -0.2) is 58.5 Å². The van der Waals surface area contributed by atoms with Crippen LogP contribution >= 0.6 is 24.8 Å². The fraction of sp³-hybridized carbons (Fsp3) is 0.478. The van der Waals surface area contributed by atoms with Crippen molar-refractivity contribution in [1.82, 2.24) is 4.90 Å². The topological polar surface area (TPSA) is 34.2 Å². The van der Waals surface area contributed by atoms with E-state index in [1.54, 1.807) is 14.2 Å². The Hall–Kier alpha value is -1.82. The van der Waals surface area contributed by atoms with E-state index in [9.17, 15) is 0 Å². The molecule has 7 heteroatoms. The second-order valence-corrected chi connectivity index (χ2v) is 7.53. The lowest BCUT2D eigenvalue weighted by atomic mass is 9.90. The van der Waals surface area contributed by atoms with Gasteiger partial charge < -0.3 is 19.1 Å². The van der Waals surface area contributed by atoms with Crippen molar-refractivity contribution in [3.8, 4) is 17.2 Å². The molecule has 2 aromatic carbocycles. The summed E-state index contributed by atoms with van der Waals surface area (Å²) in [5.41, 5.74) is 2.59. The minimum atomic E-state index is 0. The Bertz CT molecular complexity index is 798. The van der Waals surface area contributed by atoms with Crippen molar-refractivity contribution in [2.45, 2.75) is 18.8 Å². The smallest absolute Gasteiger partial charge is 0.162 e. The van der Waals surface area contributed by atoms with E-state index < -0.39 is 0 Å². The number of para-hydroxylation sites is 1. The van der Waals surface area contributed by atoms with E-state index in [-0.39, 0.29) is 24.8 Å². The molecule has 5 nitrogen and oxygen atoms in total. The molecular formula is C23H32Cl2N2O3. The first-order valence-corrected chi connectivity index (χ1v) is 10.2. The molecule has 0 amide bonds. The Kier molecular flexibility index (Phi) is 9.40. The van der Waals surface area contributed by atoms with Crippen LogP contribution in [0.2, 0.25) is 0 Å². The number of benzene rings is 2. The summed E-state index contributed by atoms with van der Waals surface area (Å²) >= 11 is 0. The summed E-state index contributed by atoms with van der Waals surface area (Å²) in [6.07, 6.45) is 2.33. The van der Waals surface area contributed by atoms with Gasteiger partial charge in [0, 0.05) is 37.9 Å².